The predicted octanol–water partition coefficient (Wildman–Crippen LogP) is 2.73. The molecule has 3 rings (SSSR count). The lowest BCUT2D eigenvalue weighted by Gasteiger charge is -2.32. The summed E-state index contributed by atoms with van der Waals surface area (Å²) in [6.07, 6.45) is 3.97. The van der Waals surface area contributed by atoms with E-state index in [9.17, 15) is 0 Å². The molecule has 1 aliphatic carbocycles. The average Bonchev–Trinajstić information content (AvgIpc) is 2.98. The SMILES string of the molecule is CCc1ccc2c(c1)C1(CC1)CN(C)C2. The number of aryl methyl sites for hydroxylation is 1. The van der Waals surface area contributed by atoms with Gasteiger partial charge in [-0.3, -0.25) is 0 Å². The van der Waals surface area contributed by atoms with Gasteiger partial charge in [-0.25, -0.2) is 0 Å². The van der Waals surface area contributed by atoms with Gasteiger partial charge in [-0.2, -0.15) is 0 Å². The minimum absolute atomic E-state index is 0.549. The van der Waals surface area contributed by atoms with Gasteiger partial charge in [0.15, 0.2) is 0 Å². The van der Waals surface area contributed by atoms with Crippen molar-refractivity contribution in [2.75, 3.05) is 13.6 Å². The van der Waals surface area contributed by atoms with Crippen LogP contribution in [-0.2, 0) is 18.4 Å². The van der Waals surface area contributed by atoms with Gasteiger partial charge in [0.25, 0.3) is 0 Å². The summed E-state index contributed by atoms with van der Waals surface area (Å²) in [5, 5.41) is 0. The van der Waals surface area contributed by atoms with Crippen LogP contribution in [0.5, 0.6) is 0 Å². The fourth-order valence-corrected chi connectivity index (χ4v) is 3.00. The quantitative estimate of drug-likeness (QED) is 0.675. The molecule has 0 amide bonds. The first-order valence-electron chi connectivity index (χ1n) is 6.04. The van der Waals surface area contributed by atoms with E-state index >= 15 is 0 Å². The predicted molar refractivity (Wildman–Crippen MR) is 63.1 cm³/mol. The maximum atomic E-state index is 2.47. The van der Waals surface area contributed by atoms with Crippen molar-refractivity contribution in [2.24, 2.45) is 0 Å². The number of rotatable bonds is 1. The molecule has 80 valence electrons. The van der Waals surface area contributed by atoms with E-state index in [1.54, 1.807) is 11.1 Å². The molecule has 1 fully saturated rings. The molecule has 0 unspecified atom stereocenters. The Kier molecular flexibility index (Phi) is 1.93. The average molecular weight is 201 g/mol. The second kappa shape index (κ2) is 3.08. The summed E-state index contributed by atoms with van der Waals surface area (Å²) in [6, 6.07) is 7.12. The normalized spacial score (nSPS) is 22.8. The van der Waals surface area contributed by atoms with Crippen LogP contribution in [0.25, 0.3) is 0 Å². The Morgan fingerprint density at radius 3 is 2.80 bits per heavy atom. The van der Waals surface area contributed by atoms with E-state index in [2.05, 4.69) is 37.1 Å². The van der Waals surface area contributed by atoms with Gasteiger partial charge in [0.2, 0.25) is 0 Å². The zero-order chi connectivity index (χ0) is 10.5. The second-order valence-electron chi connectivity index (χ2n) is 5.30. The van der Waals surface area contributed by atoms with Crippen LogP contribution >= 0.6 is 0 Å². The molecule has 0 bridgehead atoms. The van der Waals surface area contributed by atoms with Gasteiger partial charge in [0.1, 0.15) is 0 Å². The van der Waals surface area contributed by atoms with Crippen molar-refractivity contribution in [3.63, 3.8) is 0 Å². The maximum absolute atomic E-state index is 2.47. The molecule has 1 aromatic carbocycles. The number of fused-ring (bicyclic) bond motifs is 2. The van der Waals surface area contributed by atoms with Gasteiger partial charge in [-0.15, -0.1) is 0 Å². The maximum Gasteiger partial charge on any atom is 0.0234 e. The van der Waals surface area contributed by atoms with Crippen molar-refractivity contribution in [1.82, 2.24) is 4.90 Å². The monoisotopic (exact) mass is 201 g/mol. The van der Waals surface area contributed by atoms with Gasteiger partial charge in [-0.1, -0.05) is 25.1 Å². The molecule has 0 N–H and O–H groups in total. The van der Waals surface area contributed by atoms with Crippen molar-refractivity contribution in [3.8, 4) is 0 Å². The van der Waals surface area contributed by atoms with Crippen molar-refractivity contribution >= 4 is 0 Å². The number of nitrogens with zero attached hydrogens (tertiary/aromatic N) is 1. The van der Waals surface area contributed by atoms with Crippen LogP contribution in [0.1, 0.15) is 36.5 Å². The summed E-state index contributed by atoms with van der Waals surface area (Å²) in [5.74, 6) is 0. The molecule has 15 heavy (non-hydrogen) atoms. The van der Waals surface area contributed by atoms with E-state index in [-0.39, 0.29) is 0 Å². The molecule has 1 spiro atoms. The molecule has 0 radical (unpaired) electrons. The van der Waals surface area contributed by atoms with Crippen LogP contribution in [0.15, 0.2) is 18.2 Å². The molecule has 0 saturated heterocycles. The van der Waals surface area contributed by atoms with E-state index in [0.717, 1.165) is 6.54 Å². The van der Waals surface area contributed by atoms with Crippen molar-refractivity contribution in [1.29, 1.82) is 0 Å². The third kappa shape index (κ3) is 1.41. The van der Waals surface area contributed by atoms with E-state index in [4.69, 9.17) is 0 Å². The highest BCUT2D eigenvalue weighted by Crippen LogP contribution is 2.52. The second-order valence-corrected chi connectivity index (χ2v) is 5.30. The third-order valence-corrected chi connectivity index (χ3v) is 4.02. The Morgan fingerprint density at radius 2 is 2.13 bits per heavy atom. The minimum atomic E-state index is 0.549. The summed E-state index contributed by atoms with van der Waals surface area (Å²) in [4.78, 5) is 2.47. The summed E-state index contributed by atoms with van der Waals surface area (Å²) in [5.41, 5.74) is 5.29. The van der Waals surface area contributed by atoms with Gasteiger partial charge in [-0.05, 0) is 43.0 Å². The van der Waals surface area contributed by atoms with Gasteiger partial charge < -0.3 is 4.90 Å². The molecule has 1 nitrogen and oxygen atoms in total. The lowest BCUT2D eigenvalue weighted by Crippen LogP contribution is -2.35. The number of likely N-dealkylation sites (N-methyl/N-ethyl adjacent to an activating group) is 1. The molecule has 0 aromatic heterocycles. The van der Waals surface area contributed by atoms with E-state index in [1.165, 1.54) is 31.4 Å². The first-order chi connectivity index (χ1) is 7.23. The highest BCUT2D eigenvalue weighted by Gasteiger charge is 2.48. The summed E-state index contributed by atoms with van der Waals surface area (Å²) in [6.45, 7) is 4.66. The largest absolute Gasteiger partial charge is 0.301 e. The van der Waals surface area contributed by atoms with E-state index in [0.29, 0.717) is 5.41 Å². The third-order valence-electron chi connectivity index (χ3n) is 4.02. The minimum Gasteiger partial charge on any atom is -0.301 e. The van der Waals surface area contributed by atoms with Gasteiger partial charge >= 0.3 is 0 Å². The topological polar surface area (TPSA) is 3.24 Å². The summed E-state index contributed by atoms with van der Waals surface area (Å²) < 4.78 is 0. The molecule has 1 saturated carbocycles. The lowest BCUT2D eigenvalue weighted by molar-refractivity contribution is 0.271. The van der Waals surface area contributed by atoms with Crippen molar-refractivity contribution < 1.29 is 0 Å². The summed E-state index contributed by atoms with van der Waals surface area (Å²) in [7, 11) is 2.25. The fourth-order valence-electron chi connectivity index (χ4n) is 3.00. The molecule has 2 aliphatic rings. The van der Waals surface area contributed by atoms with Crippen LogP contribution in [0.2, 0.25) is 0 Å². The van der Waals surface area contributed by atoms with Crippen LogP contribution in [0.3, 0.4) is 0 Å². The van der Waals surface area contributed by atoms with E-state index in [1.807, 2.05) is 0 Å². The number of hydrogen-bond acceptors (Lipinski definition) is 1. The molecular formula is C14H19N. The van der Waals surface area contributed by atoms with Crippen molar-refractivity contribution in [3.05, 3.63) is 34.9 Å². The molecular weight excluding hydrogens is 182 g/mol. The first kappa shape index (κ1) is 9.41. The lowest BCUT2D eigenvalue weighted by atomic mass is 9.86. The highest BCUT2D eigenvalue weighted by atomic mass is 15.1. The Hall–Kier alpha value is -0.820. The highest BCUT2D eigenvalue weighted by molar-refractivity contribution is 5.43. The Bertz CT molecular complexity index is 390. The number of hydrogen-bond donors (Lipinski definition) is 0. The molecule has 1 heteroatoms. The standard InChI is InChI=1S/C14H19N/c1-3-11-4-5-12-9-15(2)10-14(6-7-14)13(12)8-11/h4-5,8H,3,6-7,9-10H2,1-2H3. The van der Waals surface area contributed by atoms with Crippen LogP contribution in [0.4, 0.5) is 0 Å². The van der Waals surface area contributed by atoms with Crippen molar-refractivity contribution in [2.45, 2.75) is 38.1 Å². The first-order valence-corrected chi connectivity index (χ1v) is 6.04. The molecule has 1 aliphatic heterocycles. The Morgan fingerprint density at radius 1 is 1.33 bits per heavy atom. The molecule has 0 atom stereocenters. The van der Waals surface area contributed by atoms with Gasteiger partial charge in [0, 0.05) is 18.5 Å². The van der Waals surface area contributed by atoms with E-state index < -0.39 is 0 Å². The van der Waals surface area contributed by atoms with Crippen LogP contribution < -0.4 is 0 Å². The Balaban J connectivity index is 2.08. The zero-order valence-electron chi connectivity index (χ0n) is 9.71. The fraction of sp³-hybridized carbons (Fsp3) is 0.571. The Labute approximate surface area is 92.1 Å². The van der Waals surface area contributed by atoms with Crippen LogP contribution in [0, 0.1) is 0 Å². The van der Waals surface area contributed by atoms with Crippen LogP contribution in [-0.4, -0.2) is 18.5 Å². The smallest absolute Gasteiger partial charge is 0.0234 e. The molecule has 1 aromatic rings. The number of benzene rings is 1. The van der Waals surface area contributed by atoms with Gasteiger partial charge in [0.05, 0.1) is 0 Å². The molecule has 1 heterocycles. The zero-order valence-corrected chi connectivity index (χ0v) is 9.71. The summed E-state index contributed by atoms with van der Waals surface area (Å²) >= 11 is 0.